The maximum Gasteiger partial charge on any atom is 0.313 e. The van der Waals surface area contributed by atoms with Gasteiger partial charge in [-0.25, -0.2) is 4.98 Å². The molecule has 1 spiro atoms. The predicted octanol–water partition coefficient (Wildman–Crippen LogP) is 3.48. The SMILES string of the molecule is CCOC(=O)CC1CC2(C1)CN(c1ccc(NC(=O)c3nnc(Cc4ccccc4)o3)cn1)C2. The summed E-state index contributed by atoms with van der Waals surface area (Å²) in [5, 5.41) is 10.6. The Morgan fingerprint density at radius 2 is 1.94 bits per heavy atom. The van der Waals surface area contributed by atoms with Crippen LogP contribution in [0.5, 0.6) is 0 Å². The van der Waals surface area contributed by atoms with Gasteiger partial charge in [0, 0.05) is 24.9 Å². The number of aromatic nitrogens is 3. The summed E-state index contributed by atoms with van der Waals surface area (Å²) < 4.78 is 10.6. The standard InChI is InChI=1S/C25H27N5O4/c1-2-33-22(31)11-18-12-25(13-18)15-30(16-25)20-9-8-19(14-26-20)27-23(32)24-29-28-21(34-24)10-17-6-4-3-5-7-17/h3-9,14,18H,2,10-13,15-16H2,1H3,(H,27,32). The molecule has 2 aliphatic rings. The number of anilines is 2. The first-order chi connectivity index (χ1) is 16.5. The van der Waals surface area contributed by atoms with E-state index in [9.17, 15) is 9.59 Å². The zero-order chi connectivity index (χ0) is 23.5. The van der Waals surface area contributed by atoms with Crippen LogP contribution in [0.1, 0.15) is 48.3 Å². The highest BCUT2D eigenvalue weighted by molar-refractivity contribution is 6.00. The average Bonchev–Trinajstić information content (AvgIpc) is 3.25. The van der Waals surface area contributed by atoms with E-state index >= 15 is 0 Å². The van der Waals surface area contributed by atoms with Gasteiger partial charge in [0.2, 0.25) is 5.89 Å². The van der Waals surface area contributed by atoms with Crippen LogP contribution in [0.3, 0.4) is 0 Å². The van der Waals surface area contributed by atoms with E-state index in [4.69, 9.17) is 9.15 Å². The molecule has 3 heterocycles. The highest BCUT2D eigenvalue weighted by atomic mass is 16.5. The summed E-state index contributed by atoms with van der Waals surface area (Å²) in [7, 11) is 0. The Bertz CT molecular complexity index is 1150. The van der Waals surface area contributed by atoms with Gasteiger partial charge in [0.15, 0.2) is 0 Å². The first kappa shape index (κ1) is 22.1. The zero-order valence-corrected chi connectivity index (χ0v) is 19.1. The van der Waals surface area contributed by atoms with E-state index in [1.165, 1.54) is 0 Å². The summed E-state index contributed by atoms with van der Waals surface area (Å²) in [6.07, 6.45) is 4.75. The molecule has 1 saturated carbocycles. The lowest BCUT2D eigenvalue weighted by Crippen LogP contribution is -2.62. The molecule has 9 heteroatoms. The number of ether oxygens (including phenoxy) is 1. The molecule has 9 nitrogen and oxygen atoms in total. The minimum atomic E-state index is -0.466. The second kappa shape index (κ2) is 9.24. The molecule has 1 aliphatic carbocycles. The van der Waals surface area contributed by atoms with Crippen molar-refractivity contribution in [3.63, 3.8) is 0 Å². The third kappa shape index (κ3) is 4.78. The molecule has 0 atom stereocenters. The van der Waals surface area contributed by atoms with Gasteiger partial charge in [-0.2, -0.15) is 0 Å². The monoisotopic (exact) mass is 461 g/mol. The van der Waals surface area contributed by atoms with E-state index in [2.05, 4.69) is 25.4 Å². The first-order valence-corrected chi connectivity index (χ1v) is 11.6. The Morgan fingerprint density at radius 3 is 2.65 bits per heavy atom. The summed E-state index contributed by atoms with van der Waals surface area (Å²) >= 11 is 0. The van der Waals surface area contributed by atoms with Gasteiger partial charge >= 0.3 is 17.8 Å². The topological polar surface area (TPSA) is 110 Å². The van der Waals surface area contributed by atoms with E-state index in [0.29, 0.717) is 42.4 Å². The lowest BCUT2D eigenvalue weighted by atomic mass is 9.57. The number of esters is 1. The number of amides is 1. The van der Waals surface area contributed by atoms with Crippen molar-refractivity contribution in [3.8, 4) is 0 Å². The normalized spacial score (nSPS) is 16.6. The molecular weight excluding hydrogens is 434 g/mol. The summed E-state index contributed by atoms with van der Waals surface area (Å²) in [4.78, 5) is 30.8. The molecule has 1 aromatic carbocycles. The maximum absolute atomic E-state index is 12.5. The largest absolute Gasteiger partial charge is 0.466 e. The van der Waals surface area contributed by atoms with Gasteiger partial charge in [0.1, 0.15) is 5.82 Å². The zero-order valence-electron chi connectivity index (χ0n) is 19.1. The molecule has 1 N–H and O–H groups in total. The van der Waals surface area contributed by atoms with Crippen molar-refractivity contribution in [1.29, 1.82) is 0 Å². The van der Waals surface area contributed by atoms with E-state index in [-0.39, 0.29) is 11.9 Å². The Balaban J connectivity index is 1.09. The average molecular weight is 462 g/mol. The highest BCUT2D eigenvalue weighted by Gasteiger charge is 2.52. The van der Waals surface area contributed by atoms with E-state index in [1.54, 1.807) is 6.20 Å². The Kier molecular flexibility index (Phi) is 6.00. The van der Waals surface area contributed by atoms with E-state index in [0.717, 1.165) is 37.3 Å². The summed E-state index contributed by atoms with van der Waals surface area (Å²) in [5.41, 5.74) is 1.90. The minimum absolute atomic E-state index is 0.0814. The van der Waals surface area contributed by atoms with Gasteiger partial charge in [-0.15, -0.1) is 10.2 Å². The van der Waals surface area contributed by atoms with Crippen LogP contribution >= 0.6 is 0 Å². The molecule has 0 bridgehead atoms. The van der Waals surface area contributed by atoms with Gasteiger partial charge in [-0.3, -0.25) is 9.59 Å². The van der Waals surface area contributed by atoms with Crippen LogP contribution in [0.15, 0.2) is 53.1 Å². The summed E-state index contributed by atoms with van der Waals surface area (Å²) in [5.74, 6) is 1.06. The molecule has 3 aromatic rings. The Hall–Kier alpha value is -3.75. The fourth-order valence-electron chi connectivity index (χ4n) is 4.97. The molecule has 1 aliphatic heterocycles. The van der Waals surface area contributed by atoms with E-state index in [1.807, 2.05) is 49.4 Å². The number of nitrogens with one attached hydrogen (secondary N) is 1. The van der Waals surface area contributed by atoms with Crippen LogP contribution in [0.2, 0.25) is 0 Å². The number of nitrogens with zero attached hydrogens (tertiary/aromatic N) is 4. The third-order valence-corrected chi connectivity index (χ3v) is 6.45. The molecule has 1 amide bonds. The number of carbonyl (C=O) groups is 2. The molecule has 2 fully saturated rings. The molecule has 0 radical (unpaired) electrons. The highest BCUT2D eigenvalue weighted by Crippen LogP contribution is 2.53. The lowest BCUT2D eigenvalue weighted by molar-refractivity contribution is -0.146. The number of hydrogen-bond acceptors (Lipinski definition) is 8. The van der Waals surface area contributed by atoms with Crippen LogP contribution in [-0.2, 0) is 16.0 Å². The molecule has 176 valence electrons. The number of pyridine rings is 1. The summed E-state index contributed by atoms with van der Waals surface area (Å²) in [6.45, 7) is 4.16. The lowest BCUT2D eigenvalue weighted by Gasteiger charge is -2.59. The molecular formula is C25H27N5O4. The van der Waals surface area contributed by atoms with Gasteiger partial charge in [0.05, 0.1) is 24.9 Å². The van der Waals surface area contributed by atoms with Crippen LogP contribution < -0.4 is 10.2 Å². The van der Waals surface area contributed by atoms with Crippen molar-refractivity contribution < 1.29 is 18.7 Å². The van der Waals surface area contributed by atoms with Crippen molar-refractivity contribution >= 4 is 23.4 Å². The Morgan fingerprint density at radius 1 is 1.15 bits per heavy atom. The molecule has 5 rings (SSSR count). The first-order valence-electron chi connectivity index (χ1n) is 11.6. The second-order valence-corrected chi connectivity index (χ2v) is 9.16. The molecule has 0 unspecified atom stereocenters. The van der Waals surface area contributed by atoms with Crippen molar-refractivity contribution in [2.24, 2.45) is 11.3 Å². The predicted molar refractivity (Wildman–Crippen MR) is 124 cm³/mol. The van der Waals surface area contributed by atoms with Crippen molar-refractivity contribution in [1.82, 2.24) is 15.2 Å². The minimum Gasteiger partial charge on any atom is -0.466 e. The second-order valence-electron chi connectivity index (χ2n) is 9.16. The quantitative estimate of drug-likeness (QED) is 0.508. The van der Waals surface area contributed by atoms with Crippen LogP contribution in [-0.4, -0.2) is 46.8 Å². The van der Waals surface area contributed by atoms with Crippen molar-refractivity contribution in [2.45, 2.75) is 32.6 Å². The van der Waals surface area contributed by atoms with Gasteiger partial charge < -0.3 is 19.4 Å². The fourth-order valence-corrected chi connectivity index (χ4v) is 4.97. The number of rotatable bonds is 8. The smallest absolute Gasteiger partial charge is 0.313 e. The number of benzene rings is 1. The fraction of sp³-hybridized carbons (Fsp3) is 0.400. The van der Waals surface area contributed by atoms with Crippen LogP contribution in [0, 0.1) is 11.3 Å². The van der Waals surface area contributed by atoms with Crippen molar-refractivity contribution in [2.75, 3.05) is 29.9 Å². The number of hydrogen-bond donors (Lipinski definition) is 1. The molecule has 2 aromatic heterocycles. The van der Waals surface area contributed by atoms with Gasteiger partial charge in [0.25, 0.3) is 0 Å². The Labute approximate surface area is 197 Å². The van der Waals surface area contributed by atoms with Gasteiger partial charge in [-0.05, 0) is 43.4 Å². The number of carbonyl (C=O) groups excluding carboxylic acids is 2. The third-order valence-electron chi connectivity index (χ3n) is 6.45. The van der Waals surface area contributed by atoms with Crippen molar-refractivity contribution in [3.05, 3.63) is 66.0 Å². The van der Waals surface area contributed by atoms with E-state index < -0.39 is 5.91 Å². The van der Waals surface area contributed by atoms with Gasteiger partial charge in [-0.1, -0.05) is 30.3 Å². The summed E-state index contributed by atoms with van der Waals surface area (Å²) in [6, 6.07) is 13.4. The van der Waals surface area contributed by atoms with Crippen LogP contribution in [0.25, 0.3) is 0 Å². The molecule has 1 saturated heterocycles. The maximum atomic E-state index is 12.5. The molecule has 34 heavy (non-hydrogen) atoms. The van der Waals surface area contributed by atoms with Crippen LogP contribution in [0.4, 0.5) is 11.5 Å².